The Kier molecular flexibility index (Phi) is 5.22. The minimum Gasteiger partial charge on any atom is -0.483 e. The van der Waals surface area contributed by atoms with E-state index in [9.17, 15) is 10.1 Å². The van der Waals surface area contributed by atoms with Gasteiger partial charge in [0.2, 0.25) is 0 Å². The Balaban J connectivity index is 2.56. The third-order valence-corrected chi connectivity index (χ3v) is 2.11. The second-order valence-corrected chi connectivity index (χ2v) is 3.34. The number of hydrogen-bond acceptors (Lipinski definition) is 5. The van der Waals surface area contributed by atoms with Crippen LogP contribution in [0.3, 0.4) is 0 Å². The minimum atomic E-state index is -1.14. The molecule has 0 spiro atoms. The van der Waals surface area contributed by atoms with Gasteiger partial charge in [-0.15, -0.1) is 0 Å². The number of anilines is 1. The summed E-state index contributed by atoms with van der Waals surface area (Å²) < 4.78 is 9.97. The van der Waals surface area contributed by atoms with Crippen molar-refractivity contribution in [3.05, 3.63) is 34.4 Å². The van der Waals surface area contributed by atoms with Gasteiger partial charge in [0.1, 0.15) is 5.75 Å². The molecule has 94 valence electrons. The molecule has 6 nitrogen and oxygen atoms in total. The van der Waals surface area contributed by atoms with Crippen molar-refractivity contribution in [3.63, 3.8) is 0 Å². The molecule has 1 aromatic carbocycles. The maximum atomic E-state index is 10.5. The molecule has 0 aliphatic carbocycles. The van der Waals surface area contributed by atoms with Crippen LogP contribution in [0, 0.1) is 10.1 Å². The van der Waals surface area contributed by atoms with Gasteiger partial charge in [0.25, 0.3) is 0 Å². The summed E-state index contributed by atoms with van der Waals surface area (Å²) in [6.07, 6.45) is -1.14. The molecule has 0 fully saturated rings. The first-order valence-corrected chi connectivity index (χ1v) is 5.30. The van der Waals surface area contributed by atoms with E-state index in [1.807, 2.05) is 19.1 Å². The fraction of sp³-hybridized carbons (Fsp3) is 0.455. The first-order chi connectivity index (χ1) is 8.17. The molecule has 0 bridgehead atoms. The fourth-order valence-corrected chi connectivity index (χ4v) is 1.28. The average molecular weight is 240 g/mol. The third kappa shape index (κ3) is 4.28. The first kappa shape index (κ1) is 13.2. The number of rotatable bonds is 7. The lowest BCUT2D eigenvalue weighted by atomic mass is 10.3. The summed E-state index contributed by atoms with van der Waals surface area (Å²) in [5.74, 6) is 0.576. The van der Waals surface area contributed by atoms with Gasteiger partial charge < -0.3 is 14.8 Å². The minimum absolute atomic E-state index is 0.112. The Bertz CT molecular complexity index is 370. The van der Waals surface area contributed by atoms with Crippen LogP contribution in [0.15, 0.2) is 24.3 Å². The maximum absolute atomic E-state index is 10.5. The van der Waals surface area contributed by atoms with Crippen LogP contribution < -0.4 is 10.1 Å². The number of hydrogen-bond donors (Lipinski definition) is 1. The Hall–Kier alpha value is -1.82. The molecule has 0 aromatic heterocycles. The van der Waals surface area contributed by atoms with Gasteiger partial charge in [-0.1, -0.05) is 6.07 Å². The lowest BCUT2D eigenvalue weighted by molar-refractivity contribution is -0.575. The molecule has 6 heteroatoms. The second-order valence-electron chi connectivity index (χ2n) is 3.34. The van der Waals surface area contributed by atoms with Crippen LogP contribution in [0.5, 0.6) is 5.75 Å². The molecular weight excluding hydrogens is 224 g/mol. The van der Waals surface area contributed by atoms with Crippen molar-refractivity contribution < 1.29 is 14.4 Å². The summed E-state index contributed by atoms with van der Waals surface area (Å²) >= 11 is 0. The Morgan fingerprint density at radius 1 is 1.53 bits per heavy atom. The lowest BCUT2D eigenvalue weighted by Gasteiger charge is -2.10. The number of benzene rings is 1. The smallest absolute Gasteiger partial charge is 0.349 e. The van der Waals surface area contributed by atoms with Gasteiger partial charge in [-0.25, -0.2) is 0 Å². The second kappa shape index (κ2) is 6.70. The Morgan fingerprint density at radius 2 is 2.29 bits per heavy atom. The largest absolute Gasteiger partial charge is 0.483 e. The lowest BCUT2D eigenvalue weighted by Crippen LogP contribution is -2.28. The molecule has 0 aliphatic rings. The van der Waals surface area contributed by atoms with Crippen LogP contribution in [0.25, 0.3) is 0 Å². The quantitative estimate of drug-likeness (QED) is 0.446. The maximum Gasteiger partial charge on any atom is 0.349 e. The van der Waals surface area contributed by atoms with Gasteiger partial charge in [-0.2, -0.15) is 0 Å². The summed E-state index contributed by atoms with van der Waals surface area (Å²) in [5.41, 5.74) is 0.917. The first-order valence-electron chi connectivity index (χ1n) is 5.30. The summed E-state index contributed by atoms with van der Waals surface area (Å²) in [5, 5.41) is 13.6. The number of nitrogens with zero attached hydrogens (tertiary/aromatic N) is 1. The molecule has 0 heterocycles. The SMILES string of the molecule is CCNc1cccc(OCC(OC)[N+](=O)[O-])c1. The van der Waals surface area contributed by atoms with Crippen molar-refractivity contribution >= 4 is 5.69 Å². The van der Waals surface area contributed by atoms with E-state index < -0.39 is 11.2 Å². The number of nitro groups is 1. The zero-order chi connectivity index (χ0) is 12.7. The van der Waals surface area contributed by atoms with E-state index in [0.717, 1.165) is 12.2 Å². The fourth-order valence-electron chi connectivity index (χ4n) is 1.28. The highest BCUT2D eigenvalue weighted by molar-refractivity contribution is 5.47. The Labute approximate surface area is 99.7 Å². The van der Waals surface area contributed by atoms with Crippen molar-refractivity contribution in [1.29, 1.82) is 0 Å². The third-order valence-electron chi connectivity index (χ3n) is 2.11. The van der Waals surface area contributed by atoms with Gasteiger partial charge in [0, 0.05) is 25.4 Å². The van der Waals surface area contributed by atoms with E-state index in [0.29, 0.717) is 5.75 Å². The monoisotopic (exact) mass is 240 g/mol. The van der Waals surface area contributed by atoms with E-state index in [4.69, 9.17) is 4.74 Å². The standard InChI is InChI=1S/C11H16N2O4/c1-3-12-9-5-4-6-10(7-9)17-8-11(16-2)13(14)15/h4-7,11-12H,3,8H2,1-2H3. The van der Waals surface area contributed by atoms with Gasteiger partial charge in [-0.05, 0) is 19.1 Å². The molecule has 1 rings (SSSR count). The highest BCUT2D eigenvalue weighted by Gasteiger charge is 2.19. The predicted molar refractivity (Wildman–Crippen MR) is 63.9 cm³/mol. The normalized spacial score (nSPS) is 11.9. The van der Waals surface area contributed by atoms with Crippen molar-refractivity contribution in [2.45, 2.75) is 13.2 Å². The summed E-state index contributed by atoms with van der Waals surface area (Å²) in [6, 6.07) is 7.25. The highest BCUT2D eigenvalue weighted by Crippen LogP contribution is 2.17. The zero-order valence-electron chi connectivity index (χ0n) is 9.88. The highest BCUT2D eigenvalue weighted by atomic mass is 16.7. The molecule has 0 amide bonds. The van der Waals surface area contributed by atoms with Crippen LogP contribution in [0.4, 0.5) is 5.69 Å². The van der Waals surface area contributed by atoms with Crippen molar-refractivity contribution in [2.75, 3.05) is 25.6 Å². The van der Waals surface area contributed by atoms with Crippen molar-refractivity contribution in [3.8, 4) is 5.75 Å². The van der Waals surface area contributed by atoms with E-state index >= 15 is 0 Å². The number of methoxy groups -OCH3 is 1. The number of nitrogens with one attached hydrogen (secondary N) is 1. The van der Waals surface area contributed by atoms with Gasteiger partial charge in [0.15, 0.2) is 6.61 Å². The molecule has 0 saturated heterocycles. The number of ether oxygens (including phenoxy) is 2. The van der Waals surface area contributed by atoms with Crippen LogP contribution in [-0.2, 0) is 4.74 Å². The van der Waals surface area contributed by atoms with Crippen LogP contribution >= 0.6 is 0 Å². The van der Waals surface area contributed by atoms with Crippen molar-refractivity contribution in [1.82, 2.24) is 0 Å². The van der Waals surface area contributed by atoms with E-state index in [-0.39, 0.29) is 6.61 Å². The van der Waals surface area contributed by atoms with Gasteiger partial charge in [0.05, 0.1) is 4.92 Å². The topological polar surface area (TPSA) is 73.6 Å². The molecular formula is C11H16N2O4. The van der Waals surface area contributed by atoms with Crippen molar-refractivity contribution in [2.24, 2.45) is 0 Å². The van der Waals surface area contributed by atoms with E-state index in [2.05, 4.69) is 10.1 Å². The molecule has 1 N–H and O–H groups in total. The van der Waals surface area contributed by atoms with Crippen LogP contribution in [-0.4, -0.2) is 31.4 Å². The van der Waals surface area contributed by atoms with Gasteiger partial charge >= 0.3 is 6.23 Å². The van der Waals surface area contributed by atoms with E-state index in [1.165, 1.54) is 7.11 Å². The summed E-state index contributed by atoms with van der Waals surface area (Å²) in [7, 11) is 1.28. The molecule has 0 radical (unpaired) electrons. The average Bonchev–Trinajstić information content (AvgIpc) is 2.30. The molecule has 0 aliphatic heterocycles. The van der Waals surface area contributed by atoms with E-state index in [1.54, 1.807) is 12.1 Å². The summed E-state index contributed by atoms with van der Waals surface area (Å²) in [4.78, 5) is 9.99. The van der Waals surface area contributed by atoms with Crippen LogP contribution in [0.1, 0.15) is 6.92 Å². The zero-order valence-corrected chi connectivity index (χ0v) is 9.88. The summed E-state index contributed by atoms with van der Waals surface area (Å²) in [6.45, 7) is 2.68. The molecule has 1 atom stereocenters. The predicted octanol–water partition coefficient (Wildman–Crippen LogP) is 1.75. The molecule has 0 saturated carbocycles. The Morgan fingerprint density at radius 3 is 2.88 bits per heavy atom. The van der Waals surface area contributed by atoms with Crippen LogP contribution in [0.2, 0.25) is 0 Å². The molecule has 1 unspecified atom stereocenters. The van der Waals surface area contributed by atoms with Gasteiger partial charge in [-0.3, -0.25) is 10.1 Å². The molecule has 1 aromatic rings. The molecule has 17 heavy (non-hydrogen) atoms.